The number of nitrogens with two attached hydrogens (primary N) is 1. The maximum atomic E-state index is 11.9. The van der Waals surface area contributed by atoms with E-state index in [-0.39, 0.29) is 5.56 Å². The van der Waals surface area contributed by atoms with Gasteiger partial charge in [-0.25, -0.2) is 0 Å². The molecule has 0 bridgehead atoms. The molecule has 0 fully saturated rings. The van der Waals surface area contributed by atoms with Crippen molar-refractivity contribution in [3.8, 4) is 5.88 Å². The molecule has 0 spiro atoms. The molecule has 0 saturated carbocycles. The summed E-state index contributed by atoms with van der Waals surface area (Å²) in [5.74, 6) is -3.69. The molecule has 102 valence electrons. The number of aliphatic carboxylic acids is 1. The number of aromatic nitrogens is 1. The number of nitrogens with one attached hydrogen (secondary N) is 1. The Bertz CT molecular complexity index is 563. The molecule has 1 heterocycles. The molecule has 0 saturated heterocycles. The fourth-order valence-electron chi connectivity index (χ4n) is 1.39. The van der Waals surface area contributed by atoms with Gasteiger partial charge in [0.1, 0.15) is 13.1 Å². The summed E-state index contributed by atoms with van der Waals surface area (Å²) in [6.07, 6.45) is 0. The molecule has 0 radical (unpaired) electrons. The van der Waals surface area contributed by atoms with Crippen LogP contribution in [0.4, 0.5) is 0 Å². The molecule has 0 aliphatic heterocycles. The molecule has 0 aliphatic carbocycles. The minimum absolute atomic E-state index is 0.247. The molecule has 1 aromatic heterocycles. The molecule has 5 N–H and O–H groups in total. The molecule has 0 aromatic carbocycles. The summed E-state index contributed by atoms with van der Waals surface area (Å²) in [6.45, 7) is -1.37. The van der Waals surface area contributed by atoms with Crippen molar-refractivity contribution in [2.24, 2.45) is 5.73 Å². The summed E-state index contributed by atoms with van der Waals surface area (Å²) in [6, 6.07) is 1.82. The van der Waals surface area contributed by atoms with Crippen molar-refractivity contribution < 1.29 is 24.6 Å². The number of aromatic hydroxyl groups is 1. The Morgan fingerprint density at radius 2 is 1.89 bits per heavy atom. The van der Waals surface area contributed by atoms with Crippen LogP contribution in [0, 0.1) is 0 Å². The van der Waals surface area contributed by atoms with Crippen LogP contribution in [-0.2, 0) is 9.59 Å². The number of carbonyl (C=O) groups excluding carboxylic acids is 2. The number of nitrogens with zero attached hydrogens (tertiary/aromatic N) is 1. The van der Waals surface area contributed by atoms with Crippen LogP contribution >= 0.6 is 0 Å². The van der Waals surface area contributed by atoms with E-state index < -0.39 is 42.3 Å². The molecule has 0 aliphatic rings. The highest BCUT2D eigenvalue weighted by Crippen LogP contribution is 2.07. The third-order valence-electron chi connectivity index (χ3n) is 2.04. The first kappa shape index (κ1) is 14.2. The number of carboxylic acids is 1. The van der Waals surface area contributed by atoms with Crippen molar-refractivity contribution in [3.63, 3.8) is 0 Å². The number of amides is 2. The quantitative estimate of drug-likeness (QED) is 0.489. The van der Waals surface area contributed by atoms with Gasteiger partial charge in [-0.15, -0.1) is 0 Å². The second kappa shape index (κ2) is 5.67. The van der Waals surface area contributed by atoms with Gasteiger partial charge in [-0.2, -0.15) is 0 Å². The predicted molar refractivity (Wildman–Crippen MR) is 61.5 cm³/mol. The minimum atomic E-state index is -1.34. The van der Waals surface area contributed by atoms with Crippen LogP contribution in [0.3, 0.4) is 0 Å². The summed E-state index contributed by atoms with van der Waals surface area (Å²) in [5.41, 5.74) is 3.92. The number of carboxylic acid groups (broad SMARTS) is 1. The second-order valence-corrected chi connectivity index (χ2v) is 3.64. The third-order valence-corrected chi connectivity index (χ3v) is 2.04. The van der Waals surface area contributed by atoms with Crippen molar-refractivity contribution in [3.05, 3.63) is 28.0 Å². The Morgan fingerprint density at radius 1 is 1.26 bits per heavy atom. The second-order valence-electron chi connectivity index (χ2n) is 3.64. The number of primary amides is 1. The maximum Gasteiger partial charge on any atom is 0.323 e. The topological polar surface area (TPSA) is 154 Å². The lowest BCUT2D eigenvalue weighted by molar-refractivity contribution is -0.138. The van der Waals surface area contributed by atoms with Crippen molar-refractivity contribution in [2.45, 2.75) is 0 Å². The fourth-order valence-corrected chi connectivity index (χ4v) is 1.39. The Morgan fingerprint density at radius 3 is 2.37 bits per heavy atom. The van der Waals surface area contributed by atoms with Gasteiger partial charge in [0.05, 0.1) is 5.56 Å². The molecule has 19 heavy (non-hydrogen) atoms. The molecule has 0 atom stereocenters. The molecule has 0 unspecified atom stereocenters. The van der Waals surface area contributed by atoms with Crippen LogP contribution in [0.25, 0.3) is 0 Å². The Labute approximate surface area is 106 Å². The lowest BCUT2D eigenvalue weighted by Crippen LogP contribution is -2.41. The molecule has 9 nitrogen and oxygen atoms in total. The highest BCUT2D eigenvalue weighted by atomic mass is 16.4. The van der Waals surface area contributed by atoms with Gasteiger partial charge in [0, 0.05) is 12.1 Å². The van der Waals surface area contributed by atoms with Crippen LogP contribution < -0.4 is 11.3 Å². The van der Waals surface area contributed by atoms with Crippen LogP contribution in [0.5, 0.6) is 5.88 Å². The van der Waals surface area contributed by atoms with Gasteiger partial charge < -0.3 is 20.8 Å². The largest absolute Gasteiger partial charge is 0.494 e. The monoisotopic (exact) mass is 269 g/mol. The number of carbonyl (C=O) groups is 3. The summed E-state index contributed by atoms with van der Waals surface area (Å²) >= 11 is 0. The number of rotatable bonds is 5. The minimum Gasteiger partial charge on any atom is -0.494 e. The number of hydrogen-bond donors (Lipinski definition) is 4. The highest BCUT2D eigenvalue weighted by Gasteiger charge is 2.21. The van der Waals surface area contributed by atoms with E-state index in [0.29, 0.717) is 4.90 Å². The average Bonchev–Trinajstić information content (AvgIpc) is 2.24. The van der Waals surface area contributed by atoms with Gasteiger partial charge in [-0.05, 0) is 0 Å². The molecule has 1 rings (SSSR count). The Kier molecular flexibility index (Phi) is 4.24. The number of H-pyrrole nitrogens is 1. The van der Waals surface area contributed by atoms with Gasteiger partial charge in [0.15, 0.2) is 5.88 Å². The van der Waals surface area contributed by atoms with Gasteiger partial charge in [-0.3, -0.25) is 24.2 Å². The highest BCUT2D eigenvalue weighted by molar-refractivity contribution is 5.98. The summed E-state index contributed by atoms with van der Waals surface area (Å²) in [4.78, 5) is 47.0. The molecule has 9 heteroatoms. The first-order valence-electron chi connectivity index (χ1n) is 5.02. The predicted octanol–water partition coefficient (Wildman–Crippen LogP) is -1.91. The SMILES string of the molecule is NC(=O)CN(CC(=O)O)C(=O)c1cc(O)[nH]c(=O)c1. The van der Waals surface area contributed by atoms with Crippen LogP contribution in [-0.4, -0.2) is 51.0 Å². The van der Waals surface area contributed by atoms with Crippen molar-refractivity contribution >= 4 is 17.8 Å². The van der Waals surface area contributed by atoms with E-state index >= 15 is 0 Å². The summed E-state index contributed by atoms with van der Waals surface area (Å²) in [5, 5.41) is 17.8. The Hall–Kier alpha value is -2.84. The van der Waals surface area contributed by atoms with Gasteiger partial charge >= 0.3 is 5.97 Å². The lowest BCUT2D eigenvalue weighted by atomic mass is 10.2. The van der Waals surface area contributed by atoms with Crippen LogP contribution in [0.1, 0.15) is 10.4 Å². The van der Waals surface area contributed by atoms with E-state index in [9.17, 15) is 19.2 Å². The first-order valence-corrected chi connectivity index (χ1v) is 5.02. The van der Waals surface area contributed by atoms with Gasteiger partial charge in [0.25, 0.3) is 11.5 Å². The van der Waals surface area contributed by atoms with E-state index in [1.165, 1.54) is 0 Å². The number of pyridine rings is 1. The smallest absolute Gasteiger partial charge is 0.323 e. The van der Waals surface area contributed by atoms with E-state index in [1.807, 2.05) is 4.98 Å². The zero-order valence-electron chi connectivity index (χ0n) is 9.62. The van der Waals surface area contributed by atoms with Crippen molar-refractivity contribution in [1.29, 1.82) is 0 Å². The van der Waals surface area contributed by atoms with Crippen LogP contribution in [0.15, 0.2) is 16.9 Å². The van der Waals surface area contributed by atoms with Crippen LogP contribution in [0.2, 0.25) is 0 Å². The molecule has 1 aromatic rings. The van der Waals surface area contributed by atoms with Crippen molar-refractivity contribution in [2.75, 3.05) is 13.1 Å². The number of hydrogen-bond acceptors (Lipinski definition) is 5. The average molecular weight is 269 g/mol. The van der Waals surface area contributed by atoms with E-state index in [0.717, 1.165) is 12.1 Å². The molecular weight excluding hydrogens is 258 g/mol. The first-order chi connectivity index (χ1) is 8.79. The third kappa shape index (κ3) is 4.15. The molecular formula is C10H11N3O6. The maximum absolute atomic E-state index is 11.9. The summed E-state index contributed by atoms with van der Waals surface area (Å²) in [7, 11) is 0. The Balaban J connectivity index is 3.07. The van der Waals surface area contributed by atoms with Gasteiger partial charge in [0.2, 0.25) is 5.91 Å². The van der Waals surface area contributed by atoms with E-state index in [4.69, 9.17) is 15.9 Å². The lowest BCUT2D eigenvalue weighted by Gasteiger charge is -2.18. The van der Waals surface area contributed by atoms with Crippen molar-refractivity contribution in [1.82, 2.24) is 9.88 Å². The van der Waals surface area contributed by atoms with Gasteiger partial charge in [-0.1, -0.05) is 0 Å². The summed E-state index contributed by atoms with van der Waals surface area (Å²) < 4.78 is 0. The molecule has 2 amide bonds. The van der Waals surface area contributed by atoms with E-state index in [1.54, 1.807) is 0 Å². The zero-order valence-corrected chi connectivity index (χ0v) is 9.62. The fraction of sp³-hybridized carbons (Fsp3) is 0.200. The normalized spacial score (nSPS) is 9.89. The van der Waals surface area contributed by atoms with E-state index in [2.05, 4.69) is 0 Å². The standard InChI is InChI=1S/C10H11N3O6/c11-6(14)3-13(4-9(17)18)10(19)5-1-7(15)12-8(16)2-5/h1-2H,3-4H2,(H2,11,14)(H,17,18)(H2,12,15,16). The number of aromatic amines is 1. The zero-order chi connectivity index (χ0) is 14.6.